The molecule has 1 aliphatic rings. The molecular formula is C9H15N5O3S. The number of nitrogens with two attached hydrogens (primary N) is 2. The van der Waals surface area contributed by atoms with Gasteiger partial charge in [0.15, 0.2) is 11.1 Å². The van der Waals surface area contributed by atoms with Crippen LogP contribution in [0, 0.1) is 0 Å². The maximum Gasteiger partial charge on any atom is 0.323 e. The number of nitrogens with one attached hydrogen (secondary N) is 1. The molecule has 1 amide bonds. The number of carboxylic acids is 1. The second-order valence-electron chi connectivity index (χ2n) is 3.77. The molecule has 0 bridgehead atoms. The number of hydrogen-bond donors (Lipinski definition) is 4. The third kappa shape index (κ3) is 3.84. The number of rotatable bonds is 6. The van der Waals surface area contributed by atoms with E-state index in [2.05, 4.69) is 10.3 Å². The average Bonchev–Trinajstić information content (AvgIpc) is 2.51. The van der Waals surface area contributed by atoms with E-state index >= 15 is 0 Å². The van der Waals surface area contributed by atoms with E-state index in [4.69, 9.17) is 28.8 Å². The van der Waals surface area contributed by atoms with Crippen LogP contribution in [-0.4, -0.2) is 52.1 Å². The van der Waals surface area contributed by atoms with Crippen LogP contribution in [0.5, 0.6) is 0 Å². The summed E-state index contributed by atoms with van der Waals surface area (Å²) in [5.74, 6) is -1.43. The number of hydrogen-bond acceptors (Lipinski definition) is 4. The first-order valence-corrected chi connectivity index (χ1v) is 5.71. The number of carboxylic acid groups (broad SMARTS) is 1. The maximum atomic E-state index is 11.8. The first-order chi connectivity index (χ1) is 8.41. The van der Waals surface area contributed by atoms with Gasteiger partial charge in [-0.2, -0.15) is 0 Å². The van der Waals surface area contributed by atoms with Crippen LogP contribution in [0.3, 0.4) is 0 Å². The number of nitrogens with zero attached hydrogens (tertiary/aromatic N) is 2. The van der Waals surface area contributed by atoms with Crippen LogP contribution in [0.25, 0.3) is 0 Å². The van der Waals surface area contributed by atoms with Gasteiger partial charge in [0.2, 0.25) is 0 Å². The summed E-state index contributed by atoms with van der Waals surface area (Å²) < 4.78 is 0. The molecule has 0 aromatic carbocycles. The summed E-state index contributed by atoms with van der Waals surface area (Å²) in [4.78, 5) is 27.2. The van der Waals surface area contributed by atoms with Gasteiger partial charge < -0.3 is 21.9 Å². The number of aliphatic imine (C=N–C) groups is 1. The summed E-state index contributed by atoms with van der Waals surface area (Å²) in [5.41, 5.74) is 10.3. The zero-order chi connectivity index (χ0) is 13.7. The standard InChI is InChI=1S/C9H15N5O3S/c10-8(11)12-3-1-2-5-7(17)14(4-6(15)16)9(18)13-5/h5H,1-4H2,(H,13,18)(H,15,16)(H4,10,11,12)/t5-/m0/s1. The van der Waals surface area contributed by atoms with E-state index < -0.39 is 18.6 Å². The highest BCUT2D eigenvalue weighted by molar-refractivity contribution is 7.80. The van der Waals surface area contributed by atoms with Crippen LogP contribution < -0.4 is 16.8 Å². The van der Waals surface area contributed by atoms with Gasteiger partial charge in [0, 0.05) is 6.54 Å². The van der Waals surface area contributed by atoms with Crippen LogP contribution in [0.1, 0.15) is 12.8 Å². The van der Waals surface area contributed by atoms with Gasteiger partial charge in [-0.25, -0.2) is 0 Å². The van der Waals surface area contributed by atoms with Crippen molar-refractivity contribution in [2.45, 2.75) is 18.9 Å². The second kappa shape index (κ2) is 6.15. The monoisotopic (exact) mass is 273 g/mol. The van der Waals surface area contributed by atoms with E-state index in [1.807, 2.05) is 0 Å². The van der Waals surface area contributed by atoms with Crippen molar-refractivity contribution < 1.29 is 14.7 Å². The van der Waals surface area contributed by atoms with E-state index in [0.29, 0.717) is 19.4 Å². The lowest BCUT2D eigenvalue weighted by atomic mass is 10.1. The molecular weight excluding hydrogens is 258 g/mol. The number of carbonyl (C=O) groups excluding carboxylic acids is 1. The van der Waals surface area contributed by atoms with Gasteiger partial charge in [-0.05, 0) is 25.1 Å². The number of amides is 1. The molecule has 1 aliphatic heterocycles. The predicted octanol–water partition coefficient (Wildman–Crippen LogP) is -1.79. The first-order valence-electron chi connectivity index (χ1n) is 5.31. The lowest BCUT2D eigenvalue weighted by Gasteiger charge is -2.11. The van der Waals surface area contributed by atoms with Gasteiger partial charge in [0.25, 0.3) is 5.91 Å². The smallest absolute Gasteiger partial charge is 0.323 e. The Kier molecular flexibility index (Phi) is 4.84. The molecule has 1 atom stereocenters. The van der Waals surface area contributed by atoms with Crippen molar-refractivity contribution in [3.05, 3.63) is 0 Å². The minimum absolute atomic E-state index is 0.00346. The van der Waals surface area contributed by atoms with Gasteiger partial charge in [-0.1, -0.05) is 0 Å². The van der Waals surface area contributed by atoms with Crippen molar-refractivity contribution in [2.75, 3.05) is 13.1 Å². The third-order valence-corrected chi connectivity index (χ3v) is 2.68. The fourth-order valence-electron chi connectivity index (χ4n) is 1.56. The highest BCUT2D eigenvalue weighted by Crippen LogP contribution is 2.11. The Hall–Kier alpha value is -1.90. The number of carbonyl (C=O) groups is 2. The average molecular weight is 273 g/mol. The predicted molar refractivity (Wildman–Crippen MR) is 68.8 cm³/mol. The quantitative estimate of drug-likeness (QED) is 0.194. The molecule has 0 aliphatic carbocycles. The van der Waals surface area contributed by atoms with Crippen LogP contribution in [-0.2, 0) is 9.59 Å². The van der Waals surface area contributed by atoms with Crippen molar-refractivity contribution >= 4 is 35.2 Å². The fraction of sp³-hybridized carbons (Fsp3) is 0.556. The number of aliphatic carboxylic acids is 1. The Balaban J connectivity index is 2.45. The summed E-state index contributed by atoms with van der Waals surface area (Å²) in [7, 11) is 0. The summed E-state index contributed by atoms with van der Waals surface area (Å²) in [6.45, 7) is -0.00540. The van der Waals surface area contributed by atoms with Crippen molar-refractivity contribution in [3.63, 3.8) is 0 Å². The molecule has 1 saturated heterocycles. The summed E-state index contributed by atoms with van der Waals surface area (Å²) in [6.07, 6.45) is 1.09. The molecule has 0 aromatic rings. The van der Waals surface area contributed by atoms with Crippen molar-refractivity contribution in [3.8, 4) is 0 Å². The minimum atomic E-state index is -1.10. The van der Waals surface area contributed by atoms with E-state index in [9.17, 15) is 9.59 Å². The van der Waals surface area contributed by atoms with Crippen LogP contribution in [0.4, 0.5) is 0 Å². The molecule has 0 aromatic heterocycles. The summed E-state index contributed by atoms with van der Waals surface area (Å²) in [6, 6.07) is -0.494. The molecule has 1 fully saturated rings. The number of guanidine groups is 1. The van der Waals surface area contributed by atoms with Gasteiger partial charge in [0.05, 0.1) is 0 Å². The topological polar surface area (TPSA) is 134 Å². The Morgan fingerprint density at radius 2 is 2.22 bits per heavy atom. The highest BCUT2D eigenvalue weighted by atomic mass is 32.1. The summed E-state index contributed by atoms with van der Waals surface area (Å²) in [5, 5.41) is 11.6. The highest BCUT2D eigenvalue weighted by Gasteiger charge is 2.35. The Morgan fingerprint density at radius 3 is 2.78 bits per heavy atom. The second-order valence-corrected chi connectivity index (χ2v) is 4.16. The molecule has 0 unspecified atom stereocenters. The zero-order valence-electron chi connectivity index (χ0n) is 9.63. The molecule has 9 heteroatoms. The normalized spacial score (nSPS) is 18.7. The molecule has 0 radical (unpaired) electrons. The molecule has 0 spiro atoms. The maximum absolute atomic E-state index is 11.8. The molecule has 8 nitrogen and oxygen atoms in total. The third-order valence-electron chi connectivity index (χ3n) is 2.35. The fourth-order valence-corrected chi connectivity index (χ4v) is 1.86. The lowest BCUT2D eigenvalue weighted by molar-refractivity contribution is -0.141. The van der Waals surface area contributed by atoms with E-state index in [0.717, 1.165) is 4.90 Å². The van der Waals surface area contributed by atoms with Gasteiger partial charge in [0.1, 0.15) is 12.6 Å². The molecule has 100 valence electrons. The Labute approximate surface area is 109 Å². The molecule has 18 heavy (non-hydrogen) atoms. The van der Waals surface area contributed by atoms with E-state index in [-0.39, 0.29) is 17.0 Å². The SMILES string of the molecule is NC(N)=NCCC[C@@H]1NC(=S)N(CC(=O)O)C1=O. The van der Waals surface area contributed by atoms with Gasteiger partial charge in [-0.3, -0.25) is 19.5 Å². The minimum Gasteiger partial charge on any atom is -0.480 e. The van der Waals surface area contributed by atoms with E-state index in [1.54, 1.807) is 0 Å². The Bertz CT molecular complexity index is 394. The largest absolute Gasteiger partial charge is 0.480 e. The van der Waals surface area contributed by atoms with Crippen molar-refractivity contribution in [1.82, 2.24) is 10.2 Å². The Morgan fingerprint density at radius 1 is 1.56 bits per heavy atom. The molecule has 0 saturated carbocycles. The van der Waals surface area contributed by atoms with Crippen LogP contribution >= 0.6 is 12.2 Å². The number of thiocarbonyl (C=S) groups is 1. The summed E-state index contributed by atoms with van der Waals surface area (Å²) >= 11 is 4.90. The molecule has 1 rings (SSSR count). The van der Waals surface area contributed by atoms with E-state index in [1.165, 1.54) is 0 Å². The van der Waals surface area contributed by atoms with Crippen LogP contribution in [0.15, 0.2) is 4.99 Å². The zero-order valence-corrected chi connectivity index (χ0v) is 10.4. The van der Waals surface area contributed by atoms with Gasteiger partial charge >= 0.3 is 5.97 Å². The van der Waals surface area contributed by atoms with Crippen molar-refractivity contribution in [2.24, 2.45) is 16.5 Å². The van der Waals surface area contributed by atoms with Gasteiger partial charge in [-0.15, -0.1) is 0 Å². The molecule has 6 N–H and O–H groups in total. The van der Waals surface area contributed by atoms with Crippen LogP contribution in [0.2, 0.25) is 0 Å². The lowest BCUT2D eigenvalue weighted by Crippen LogP contribution is -2.35. The first kappa shape index (κ1) is 14.2. The molecule has 1 heterocycles. The van der Waals surface area contributed by atoms with Crippen molar-refractivity contribution in [1.29, 1.82) is 0 Å².